The van der Waals surface area contributed by atoms with E-state index in [1.807, 2.05) is 24.3 Å². The zero-order valence-corrected chi connectivity index (χ0v) is 14.7. The lowest BCUT2D eigenvalue weighted by Crippen LogP contribution is -2.44. The first-order valence-corrected chi connectivity index (χ1v) is 8.82. The Morgan fingerprint density at radius 3 is 2.75 bits per heavy atom. The number of anilines is 1. The topological polar surface area (TPSA) is 86.7 Å². The number of nitrogens with one attached hydrogen (secondary N) is 1. The summed E-state index contributed by atoms with van der Waals surface area (Å²) in [5.74, 6) is -1.60. The lowest BCUT2D eigenvalue weighted by atomic mass is 10.1. The Morgan fingerprint density at radius 2 is 2.12 bits per heavy atom. The Morgan fingerprint density at radius 1 is 1.38 bits per heavy atom. The van der Waals surface area contributed by atoms with Crippen molar-refractivity contribution in [3.63, 3.8) is 0 Å². The number of halogens is 1. The molecular formula is C17H19BrN2O4. The predicted molar refractivity (Wildman–Crippen MR) is 91.5 cm³/mol. The van der Waals surface area contributed by atoms with Gasteiger partial charge in [0, 0.05) is 23.1 Å². The Balaban J connectivity index is 1.63. The second-order valence-corrected chi connectivity index (χ2v) is 7.38. The van der Waals surface area contributed by atoms with Crippen molar-refractivity contribution in [2.24, 2.45) is 11.8 Å². The van der Waals surface area contributed by atoms with E-state index in [9.17, 15) is 19.5 Å². The fraction of sp³-hybridized carbons (Fsp3) is 0.471. The van der Waals surface area contributed by atoms with E-state index >= 15 is 0 Å². The van der Waals surface area contributed by atoms with Gasteiger partial charge in [-0.3, -0.25) is 9.59 Å². The van der Waals surface area contributed by atoms with Crippen molar-refractivity contribution in [1.29, 1.82) is 0 Å². The van der Waals surface area contributed by atoms with Crippen molar-refractivity contribution in [3.8, 4) is 0 Å². The third kappa shape index (κ3) is 3.95. The first-order chi connectivity index (χ1) is 11.4. The molecule has 1 aliphatic heterocycles. The maximum atomic E-state index is 12.4. The van der Waals surface area contributed by atoms with E-state index in [-0.39, 0.29) is 24.8 Å². The Bertz CT molecular complexity index is 674. The minimum Gasteiger partial charge on any atom is -0.480 e. The van der Waals surface area contributed by atoms with Crippen LogP contribution in [0, 0.1) is 11.8 Å². The molecule has 1 saturated carbocycles. The molecule has 0 aromatic heterocycles. The van der Waals surface area contributed by atoms with Crippen LogP contribution in [0.15, 0.2) is 28.7 Å². The van der Waals surface area contributed by atoms with Gasteiger partial charge in [0.15, 0.2) is 0 Å². The molecule has 2 fully saturated rings. The fourth-order valence-corrected chi connectivity index (χ4v) is 3.36. The van der Waals surface area contributed by atoms with Gasteiger partial charge in [0.1, 0.15) is 6.04 Å². The molecule has 1 aromatic carbocycles. The van der Waals surface area contributed by atoms with Crippen molar-refractivity contribution in [3.05, 3.63) is 28.7 Å². The van der Waals surface area contributed by atoms with Gasteiger partial charge in [-0.25, -0.2) is 4.79 Å². The third-order valence-corrected chi connectivity index (χ3v) is 4.99. The molecule has 1 aromatic rings. The van der Waals surface area contributed by atoms with Gasteiger partial charge < -0.3 is 15.3 Å². The number of aliphatic carboxylic acids is 1. The zero-order valence-electron chi connectivity index (χ0n) is 13.1. The number of amides is 2. The Hall–Kier alpha value is -1.89. The average Bonchev–Trinajstić information content (AvgIpc) is 3.26. The van der Waals surface area contributed by atoms with Crippen molar-refractivity contribution in [2.45, 2.75) is 31.7 Å². The number of hydrogen-bond acceptors (Lipinski definition) is 3. The molecule has 1 aliphatic carbocycles. The van der Waals surface area contributed by atoms with E-state index in [4.69, 9.17) is 0 Å². The number of benzene rings is 1. The summed E-state index contributed by atoms with van der Waals surface area (Å²) in [5, 5.41) is 11.9. The molecule has 128 valence electrons. The Kier molecular flexibility index (Phi) is 4.89. The van der Waals surface area contributed by atoms with Gasteiger partial charge in [0.2, 0.25) is 11.8 Å². The summed E-state index contributed by atoms with van der Waals surface area (Å²) >= 11 is 3.37. The lowest BCUT2D eigenvalue weighted by Gasteiger charge is -2.19. The highest BCUT2D eigenvalue weighted by molar-refractivity contribution is 9.10. The van der Waals surface area contributed by atoms with Crippen LogP contribution in [0.2, 0.25) is 0 Å². The molecule has 0 bridgehead atoms. The molecule has 2 N–H and O–H groups in total. The summed E-state index contributed by atoms with van der Waals surface area (Å²) in [6, 6.07) is 6.47. The molecule has 24 heavy (non-hydrogen) atoms. The van der Waals surface area contributed by atoms with Crippen LogP contribution in [0.4, 0.5) is 5.69 Å². The molecule has 0 spiro atoms. The van der Waals surface area contributed by atoms with Gasteiger partial charge >= 0.3 is 5.97 Å². The summed E-state index contributed by atoms with van der Waals surface area (Å²) < 4.78 is 0.857. The first-order valence-electron chi connectivity index (χ1n) is 8.03. The van der Waals surface area contributed by atoms with E-state index < -0.39 is 17.9 Å². The van der Waals surface area contributed by atoms with Crippen LogP contribution in [0.5, 0.6) is 0 Å². The number of carboxylic acid groups (broad SMARTS) is 1. The highest BCUT2D eigenvalue weighted by Crippen LogP contribution is 2.34. The molecule has 1 heterocycles. The number of carbonyl (C=O) groups excluding carboxylic acids is 2. The molecule has 2 aliphatic rings. The van der Waals surface area contributed by atoms with E-state index in [1.165, 1.54) is 0 Å². The van der Waals surface area contributed by atoms with Gasteiger partial charge in [-0.15, -0.1) is 0 Å². The molecule has 2 unspecified atom stereocenters. The second-order valence-electron chi connectivity index (χ2n) is 6.46. The lowest BCUT2D eigenvalue weighted by molar-refractivity contribution is -0.142. The third-order valence-electron chi connectivity index (χ3n) is 4.50. The smallest absolute Gasteiger partial charge is 0.326 e. The van der Waals surface area contributed by atoms with E-state index in [2.05, 4.69) is 21.2 Å². The molecule has 1 saturated heterocycles. The standard InChI is InChI=1S/C17H19BrN2O4/c18-12-2-1-3-13(8-12)20-9-11(7-15(20)21)16(22)19-14(17(23)24)6-10-4-5-10/h1-3,8,10-11,14H,4-7,9H2,(H,19,22)(H,23,24). The zero-order chi connectivity index (χ0) is 17.3. The van der Waals surface area contributed by atoms with Crippen molar-refractivity contribution >= 4 is 39.4 Å². The molecule has 6 nitrogen and oxygen atoms in total. The van der Waals surface area contributed by atoms with E-state index in [0.717, 1.165) is 23.0 Å². The predicted octanol–water partition coefficient (Wildman–Crippen LogP) is 2.17. The number of hydrogen-bond donors (Lipinski definition) is 2. The molecule has 2 amide bonds. The summed E-state index contributed by atoms with van der Waals surface area (Å²) in [5.41, 5.74) is 0.734. The van der Waals surface area contributed by atoms with E-state index in [0.29, 0.717) is 12.3 Å². The summed E-state index contributed by atoms with van der Waals surface area (Å²) in [6.07, 6.45) is 2.63. The molecule has 3 rings (SSSR count). The van der Waals surface area contributed by atoms with Crippen molar-refractivity contribution in [2.75, 3.05) is 11.4 Å². The molecule has 2 atom stereocenters. The summed E-state index contributed by atoms with van der Waals surface area (Å²) in [6.45, 7) is 0.275. The van der Waals surface area contributed by atoms with Crippen LogP contribution in [0.25, 0.3) is 0 Å². The second kappa shape index (κ2) is 6.93. The average molecular weight is 395 g/mol. The highest BCUT2D eigenvalue weighted by Gasteiger charge is 2.37. The van der Waals surface area contributed by atoms with Gasteiger partial charge in [-0.2, -0.15) is 0 Å². The normalized spacial score (nSPS) is 21.6. The highest BCUT2D eigenvalue weighted by atomic mass is 79.9. The number of carboxylic acids is 1. The minimum atomic E-state index is -1.01. The van der Waals surface area contributed by atoms with Gasteiger partial charge in [0.05, 0.1) is 5.92 Å². The van der Waals surface area contributed by atoms with Crippen LogP contribution in [0.1, 0.15) is 25.7 Å². The SMILES string of the molecule is O=C(NC(CC1CC1)C(=O)O)C1CC(=O)N(c2cccc(Br)c2)C1. The minimum absolute atomic E-state index is 0.105. The summed E-state index contributed by atoms with van der Waals surface area (Å²) in [4.78, 5) is 37.5. The quantitative estimate of drug-likeness (QED) is 0.773. The van der Waals surface area contributed by atoms with E-state index in [1.54, 1.807) is 4.90 Å². The van der Waals surface area contributed by atoms with Gasteiger partial charge in [-0.05, 0) is 30.5 Å². The van der Waals surface area contributed by atoms with Crippen LogP contribution in [-0.4, -0.2) is 35.5 Å². The molecule has 0 radical (unpaired) electrons. The number of rotatable bonds is 6. The first kappa shape index (κ1) is 17.0. The number of carbonyl (C=O) groups is 3. The van der Waals surface area contributed by atoms with Crippen molar-refractivity contribution < 1.29 is 19.5 Å². The van der Waals surface area contributed by atoms with Crippen LogP contribution in [0.3, 0.4) is 0 Å². The summed E-state index contributed by atoms with van der Waals surface area (Å²) in [7, 11) is 0. The number of nitrogens with zero attached hydrogens (tertiary/aromatic N) is 1. The Labute approximate surface area is 148 Å². The molecular weight excluding hydrogens is 376 g/mol. The maximum absolute atomic E-state index is 12.4. The fourth-order valence-electron chi connectivity index (χ4n) is 2.97. The largest absolute Gasteiger partial charge is 0.480 e. The monoisotopic (exact) mass is 394 g/mol. The van der Waals surface area contributed by atoms with Crippen molar-refractivity contribution in [1.82, 2.24) is 5.32 Å². The van der Waals surface area contributed by atoms with Crippen LogP contribution < -0.4 is 10.2 Å². The van der Waals surface area contributed by atoms with Crippen LogP contribution >= 0.6 is 15.9 Å². The van der Waals surface area contributed by atoms with Crippen LogP contribution in [-0.2, 0) is 14.4 Å². The molecule has 7 heteroatoms. The maximum Gasteiger partial charge on any atom is 0.326 e. The van der Waals surface area contributed by atoms with Gasteiger partial charge in [-0.1, -0.05) is 34.8 Å². The van der Waals surface area contributed by atoms with Gasteiger partial charge in [0.25, 0.3) is 0 Å².